The van der Waals surface area contributed by atoms with Crippen molar-refractivity contribution in [1.29, 1.82) is 0 Å². The van der Waals surface area contributed by atoms with Crippen LogP contribution in [0.5, 0.6) is 17.2 Å². The largest absolute Gasteiger partial charge is 0.493 e. The summed E-state index contributed by atoms with van der Waals surface area (Å²) < 4.78 is 16.0. The summed E-state index contributed by atoms with van der Waals surface area (Å²) in [6.45, 7) is 2.21. The number of anilines is 2. The minimum Gasteiger partial charge on any atom is -0.493 e. The lowest BCUT2D eigenvalue weighted by atomic mass is 10.1. The number of methoxy groups -OCH3 is 3. The highest BCUT2D eigenvalue weighted by Crippen LogP contribution is 2.38. The first kappa shape index (κ1) is 19.9. The van der Waals surface area contributed by atoms with E-state index >= 15 is 0 Å². The molecule has 0 spiro atoms. The molecule has 2 aromatic rings. The van der Waals surface area contributed by atoms with E-state index in [1.807, 2.05) is 12.1 Å². The van der Waals surface area contributed by atoms with Gasteiger partial charge in [0.25, 0.3) is 0 Å². The number of nitrogens with zero attached hydrogens (tertiary/aromatic N) is 1. The molecular weight excluding hydrogens is 356 g/mol. The van der Waals surface area contributed by atoms with Gasteiger partial charge in [0.1, 0.15) is 0 Å². The zero-order valence-corrected chi connectivity index (χ0v) is 16.8. The van der Waals surface area contributed by atoms with Gasteiger partial charge in [-0.1, -0.05) is 0 Å². The molecule has 6 heteroatoms. The highest BCUT2D eigenvalue weighted by molar-refractivity contribution is 5.92. The van der Waals surface area contributed by atoms with Crippen molar-refractivity contribution in [2.24, 2.45) is 0 Å². The second kappa shape index (κ2) is 9.35. The topological polar surface area (TPSA) is 60.0 Å². The van der Waals surface area contributed by atoms with Gasteiger partial charge in [-0.05, 0) is 61.2 Å². The van der Waals surface area contributed by atoms with E-state index in [1.54, 1.807) is 33.5 Å². The van der Waals surface area contributed by atoms with Crippen molar-refractivity contribution in [2.75, 3.05) is 44.6 Å². The highest BCUT2D eigenvalue weighted by Gasteiger charge is 2.15. The molecule has 0 atom stereocenters. The summed E-state index contributed by atoms with van der Waals surface area (Å²) in [5.41, 5.74) is 2.79. The maximum absolute atomic E-state index is 12.5. The summed E-state index contributed by atoms with van der Waals surface area (Å²) in [6.07, 6.45) is 4.01. The SMILES string of the molecule is COc1cc(CC(=O)Nc2ccc(N3CCCCC3)cc2)cc(OC)c1OC. The van der Waals surface area contributed by atoms with Crippen LogP contribution in [0.1, 0.15) is 24.8 Å². The maximum atomic E-state index is 12.5. The molecule has 0 unspecified atom stereocenters. The van der Waals surface area contributed by atoms with E-state index in [0.29, 0.717) is 17.2 Å². The Morgan fingerprint density at radius 3 is 2.07 bits per heavy atom. The van der Waals surface area contributed by atoms with Crippen LogP contribution in [0.3, 0.4) is 0 Å². The molecule has 0 aromatic heterocycles. The molecule has 0 bridgehead atoms. The first-order valence-electron chi connectivity index (χ1n) is 9.58. The van der Waals surface area contributed by atoms with E-state index in [4.69, 9.17) is 14.2 Å². The summed E-state index contributed by atoms with van der Waals surface area (Å²) in [4.78, 5) is 14.9. The molecule has 0 aliphatic carbocycles. The quantitative estimate of drug-likeness (QED) is 0.785. The Labute approximate surface area is 166 Å². The van der Waals surface area contributed by atoms with Gasteiger partial charge in [0.05, 0.1) is 27.8 Å². The van der Waals surface area contributed by atoms with Crippen LogP contribution in [-0.2, 0) is 11.2 Å². The summed E-state index contributed by atoms with van der Waals surface area (Å²) >= 11 is 0. The summed E-state index contributed by atoms with van der Waals surface area (Å²) in [6, 6.07) is 11.6. The van der Waals surface area contributed by atoms with Gasteiger partial charge >= 0.3 is 0 Å². The van der Waals surface area contributed by atoms with Crippen molar-refractivity contribution in [1.82, 2.24) is 0 Å². The highest BCUT2D eigenvalue weighted by atomic mass is 16.5. The van der Waals surface area contributed by atoms with E-state index in [9.17, 15) is 4.79 Å². The molecule has 0 saturated carbocycles. The molecule has 1 saturated heterocycles. The average Bonchev–Trinajstić information content (AvgIpc) is 2.74. The Kier molecular flexibility index (Phi) is 6.63. The monoisotopic (exact) mass is 384 g/mol. The zero-order valence-electron chi connectivity index (χ0n) is 16.8. The number of amides is 1. The molecule has 1 N–H and O–H groups in total. The van der Waals surface area contributed by atoms with Crippen molar-refractivity contribution < 1.29 is 19.0 Å². The third-order valence-electron chi connectivity index (χ3n) is 4.96. The van der Waals surface area contributed by atoms with Crippen molar-refractivity contribution in [3.8, 4) is 17.2 Å². The Balaban J connectivity index is 1.65. The van der Waals surface area contributed by atoms with Gasteiger partial charge in [-0.3, -0.25) is 4.79 Å². The fraction of sp³-hybridized carbons (Fsp3) is 0.409. The van der Waals surface area contributed by atoms with Gasteiger partial charge in [0, 0.05) is 24.5 Å². The predicted octanol–water partition coefficient (Wildman–Crippen LogP) is 3.88. The molecule has 150 valence electrons. The Hall–Kier alpha value is -2.89. The van der Waals surface area contributed by atoms with Gasteiger partial charge in [0.2, 0.25) is 11.7 Å². The molecule has 6 nitrogen and oxygen atoms in total. The molecule has 1 aliphatic rings. The molecule has 28 heavy (non-hydrogen) atoms. The molecule has 2 aromatic carbocycles. The molecule has 1 amide bonds. The second-order valence-electron chi connectivity index (χ2n) is 6.85. The van der Waals surface area contributed by atoms with Crippen molar-refractivity contribution in [2.45, 2.75) is 25.7 Å². The third-order valence-corrected chi connectivity index (χ3v) is 4.96. The smallest absolute Gasteiger partial charge is 0.228 e. The van der Waals surface area contributed by atoms with Crippen molar-refractivity contribution in [3.05, 3.63) is 42.0 Å². The first-order valence-corrected chi connectivity index (χ1v) is 9.58. The number of piperidine rings is 1. The van der Waals surface area contributed by atoms with Gasteiger partial charge < -0.3 is 24.4 Å². The van der Waals surface area contributed by atoms with Crippen molar-refractivity contribution in [3.63, 3.8) is 0 Å². The lowest BCUT2D eigenvalue weighted by Gasteiger charge is -2.28. The van der Waals surface area contributed by atoms with E-state index in [1.165, 1.54) is 24.9 Å². The molecular formula is C22H28N2O4. The van der Waals surface area contributed by atoms with Crippen LogP contribution in [0.2, 0.25) is 0 Å². The van der Waals surface area contributed by atoms with Crippen LogP contribution in [-0.4, -0.2) is 40.3 Å². The molecule has 0 radical (unpaired) electrons. The number of carbonyl (C=O) groups excluding carboxylic acids is 1. The number of rotatable bonds is 7. The minimum atomic E-state index is -0.0972. The first-order chi connectivity index (χ1) is 13.6. The van der Waals surface area contributed by atoms with Crippen LogP contribution in [0.25, 0.3) is 0 Å². The van der Waals surface area contributed by atoms with E-state index in [2.05, 4.69) is 22.3 Å². The number of carbonyl (C=O) groups is 1. The summed E-state index contributed by atoms with van der Waals surface area (Å²) in [5, 5.41) is 2.95. The van der Waals surface area contributed by atoms with E-state index in [0.717, 1.165) is 24.3 Å². The normalized spacial score (nSPS) is 13.8. The van der Waals surface area contributed by atoms with Gasteiger partial charge in [-0.25, -0.2) is 0 Å². The zero-order chi connectivity index (χ0) is 19.9. The summed E-state index contributed by atoms with van der Waals surface area (Å²) in [5.74, 6) is 1.49. The minimum absolute atomic E-state index is 0.0972. The maximum Gasteiger partial charge on any atom is 0.228 e. The lowest BCUT2D eigenvalue weighted by Crippen LogP contribution is -2.29. The summed E-state index contributed by atoms with van der Waals surface area (Å²) in [7, 11) is 4.68. The fourth-order valence-electron chi connectivity index (χ4n) is 3.54. The van der Waals surface area contributed by atoms with Crippen LogP contribution in [0, 0.1) is 0 Å². The third kappa shape index (κ3) is 4.68. The van der Waals surface area contributed by atoms with Crippen molar-refractivity contribution >= 4 is 17.3 Å². The number of hydrogen-bond acceptors (Lipinski definition) is 5. The molecule has 3 rings (SSSR count). The standard InChI is InChI=1S/C22H28N2O4/c1-26-19-13-16(14-20(27-2)22(19)28-3)15-21(25)23-17-7-9-18(10-8-17)24-11-5-4-6-12-24/h7-10,13-14H,4-6,11-12,15H2,1-3H3,(H,23,25). The number of nitrogens with one attached hydrogen (secondary N) is 1. The molecule has 1 heterocycles. The van der Waals surface area contributed by atoms with Crippen LogP contribution in [0.4, 0.5) is 11.4 Å². The Morgan fingerprint density at radius 2 is 1.54 bits per heavy atom. The van der Waals surface area contributed by atoms with Crippen LogP contribution < -0.4 is 24.4 Å². The van der Waals surface area contributed by atoms with Gasteiger partial charge in [-0.2, -0.15) is 0 Å². The fourth-order valence-corrected chi connectivity index (χ4v) is 3.54. The average molecular weight is 384 g/mol. The van der Waals surface area contributed by atoms with E-state index < -0.39 is 0 Å². The second-order valence-corrected chi connectivity index (χ2v) is 6.85. The van der Waals surface area contributed by atoms with Crippen LogP contribution in [0.15, 0.2) is 36.4 Å². The van der Waals surface area contributed by atoms with E-state index in [-0.39, 0.29) is 12.3 Å². The molecule has 1 fully saturated rings. The predicted molar refractivity (Wildman–Crippen MR) is 111 cm³/mol. The van der Waals surface area contributed by atoms with Gasteiger partial charge in [-0.15, -0.1) is 0 Å². The Morgan fingerprint density at radius 1 is 0.929 bits per heavy atom. The molecule has 1 aliphatic heterocycles. The number of benzene rings is 2. The van der Waals surface area contributed by atoms with Gasteiger partial charge in [0.15, 0.2) is 11.5 Å². The Bertz CT molecular complexity index is 774. The number of ether oxygens (including phenoxy) is 3. The van der Waals surface area contributed by atoms with Crippen LogP contribution >= 0.6 is 0 Å². The lowest BCUT2D eigenvalue weighted by molar-refractivity contribution is -0.115. The number of hydrogen-bond donors (Lipinski definition) is 1.